The molecule has 1 aliphatic heterocycles. The molecule has 2 N–H and O–H groups in total. The lowest BCUT2D eigenvalue weighted by molar-refractivity contribution is -0.119. The number of nitrogens with zero attached hydrogens (tertiary/aromatic N) is 1. The number of amides is 1. The summed E-state index contributed by atoms with van der Waals surface area (Å²) in [4.78, 5) is 14.0. The zero-order valence-electron chi connectivity index (χ0n) is 11.3. The second kappa shape index (κ2) is 4.53. The van der Waals surface area contributed by atoms with Gasteiger partial charge in [0.05, 0.1) is 6.61 Å². The molecule has 4 nitrogen and oxygen atoms in total. The molecule has 0 spiro atoms. The minimum atomic E-state index is -0.0358. The van der Waals surface area contributed by atoms with Gasteiger partial charge in [0.15, 0.2) is 0 Å². The summed E-state index contributed by atoms with van der Waals surface area (Å²) in [6.45, 7) is 0.842. The Morgan fingerprint density at radius 1 is 1.37 bits per heavy atom. The molecule has 1 saturated carbocycles. The average Bonchev–Trinajstić information content (AvgIpc) is 3.22. The Morgan fingerprint density at radius 2 is 2.16 bits per heavy atom. The molecule has 1 aromatic carbocycles. The van der Waals surface area contributed by atoms with E-state index < -0.39 is 0 Å². The van der Waals surface area contributed by atoms with Crippen LogP contribution in [0.3, 0.4) is 0 Å². The number of aliphatic hydroxyl groups is 1. The topological polar surface area (TPSA) is 52.6 Å². The van der Waals surface area contributed by atoms with E-state index in [1.54, 1.807) is 0 Å². The summed E-state index contributed by atoms with van der Waals surface area (Å²) in [6, 6.07) is 6.14. The number of rotatable bonds is 4. The van der Waals surface area contributed by atoms with Crippen LogP contribution >= 0.6 is 0 Å². The Bertz CT molecular complexity index is 509. The summed E-state index contributed by atoms with van der Waals surface area (Å²) in [5, 5.41) is 12.6. The van der Waals surface area contributed by atoms with E-state index in [1.165, 1.54) is 5.56 Å². The van der Waals surface area contributed by atoms with Crippen molar-refractivity contribution in [2.75, 3.05) is 30.4 Å². The molecule has 19 heavy (non-hydrogen) atoms. The Balaban J connectivity index is 1.90. The van der Waals surface area contributed by atoms with Crippen molar-refractivity contribution in [3.05, 3.63) is 23.8 Å². The van der Waals surface area contributed by atoms with Crippen molar-refractivity contribution in [2.24, 2.45) is 5.41 Å². The molecule has 1 heterocycles. The van der Waals surface area contributed by atoms with E-state index in [-0.39, 0.29) is 17.9 Å². The third-order valence-corrected chi connectivity index (χ3v) is 4.35. The zero-order valence-corrected chi connectivity index (χ0v) is 11.3. The number of aryl methyl sites for hydroxylation is 1. The molecule has 0 saturated heterocycles. The monoisotopic (exact) mass is 260 g/mol. The van der Waals surface area contributed by atoms with Crippen LogP contribution in [0.4, 0.5) is 11.4 Å². The molecule has 0 atom stereocenters. The van der Waals surface area contributed by atoms with Crippen LogP contribution in [0.2, 0.25) is 0 Å². The second-order valence-corrected chi connectivity index (χ2v) is 5.73. The Labute approximate surface area is 113 Å². The van der Waals surface area contributed by atoms with Crippen LogP contribution < -0.4 is 10.2 Å². The quantitative estimate of drug-likeness (QED) is 0.867. The van der Waals surface area contributed by atoms with Gasteiger partial charge in [-0.25, -0.2) is 0 Å². The number of benzene rings is 1. The normalized spacial score (nSPS) is 20.1. The van der Waals surface area contributed by atoms with Crippen molar-refractivity contribution >= 4 is 17.3 Å². The molecule has 0 radical (unpaired) electrons. The van der Waals surface area contributed by atoms with Crippen molar-refractivity contribution in [2.45, 2.75) is 25.7 Å². The number of aliphatic hydroxyl groups excluding tert-OH is 1. The summed E-state index contributed by atoms with van der Waals surface area (Å²) in [6.07, 6.45) is 3.43. The van der Waals surface area contributed by atoms with Gasteiger partial charge in [0, 0.05) is 36.8 Å². The maximum atomic E-state index is 12.2. The van der Waals surface area contributed by atoms with Crippen molar-refractivity contribution in [3.8, 4) is 0 Å². The number of anilines is 2. The summed E-state index contributed by atoms with van der Waals surface area (Å²) in [7, 11) is 1.90. The molecule has 1 aliphatic carbocycles. The van der Waals surface area contributed by atoms with E-state index >= 15 is 0 Å². The third-order valence-electron chi connectivity index (χ3n) is 4.35. The Kier molecular flexibility index (Phi) is 2.97. The highest BCUT2D eigenvalue weighted by Crippen LogP contribution is 2.47. The molecule has 1 amide bonds. The van der Waals surface area contributed by atoms with E-state index in [4.69, 9.17) is 0 Å². The molecule has 1 fully saturated rings. The van der Waals surface area contributed by atoms with Gasteiger partial charge in [-0.05, 0) is 43.0 Å². The van der Waals surface area contributed by atoms with Crippen molar-refractivity contribution in [1.29, 1.82) is 0 Å². The Morgan fingerprint density at radius 3 is 2.79 bits per heavy atom. The molecular formula is C15H20N2O2. The highest BCUT2D eigenvalue weighted by atomic mass is 16.3. The highest BCUT2D eigenvalue weighted by Gasteiger charge is 2.45. The minimum absolute atomic E-state index is 0.0358. The predicted molar refractivity (Wildman–Crippen MR) is 75.4 cm³/mol. The van der Waals surface area contributed by atoms with Gasteiger partial charge in [-0.3, -0.25) is 4.79 Å². The molecular weight excluding hydrogens is 240 g/mol. The number of hydrogen-bond donors (Lipinski definition) is 2. The van der Waals surface area contributed by atoms with Gasteiger partial charge in [-0.15, -0.1) is 0 Å². The number of fused-ring (bicyclic) bond motifs is 1. The van der Waals surface area contributed by atoms with Crippen LogP contribution in [0.1, 0.15) is 24.8 Å². The lowest BCUT2D eigenvalue weighted by Crippen LogP contribution is -2.40. The van der Waals surface area contributed by atoms with Gasteiger partial charge in [-0.1, -0.05) is 0 Å². The van der Waals surface area contributed by atoms with Crippen molar-refractivity contribution in [3.63, 3.8) is 0 Å². The van der Waals surface area contributed by atoms with E-state index in [1.807, 2.05) is 24.1 Å². The number of nitrogens with one attached hydrogen (secondary N) is 1. The first-order valence-electron chi connectivity index (χ1n) is 6.89. The maximum Gasteiger partial charge on any atom is 0.227 e. The number of carbonyl (C=O) groups excluding carboxylic acids is 1. The van der Waals surface area contributed by atoms with Crippen LogP contribution in [0.25, 0.3) is 0 Å². The first-order chi connectivity index (χ1) is 9.17. The molecule has 2 aliphatic rings. The summed E-state index contributed by atoms with van der Waals surface area (Å²) >= 11 is 0. The fourth-order valence-electron chi connectivity index (χ4n) is 2.77. The molecule has 0 unspecified atom stereocenters. The van der Waals surface area contributed by atoms with Crippen LogP contribution in [-0.2, 0) is 11.2 Å². The molecule has 3 rings (SSSR count). The lowest BCUT2D eigenvalue weighted by Gasteiger charge is -2.32. The van der Waals surface area contributed by atoms with Crippen LogP contribution in [-0.4, -0.2) is 31.2 Å². The van der Waals surface area contributed by atoms with Gasteiger partial charge in [0.1, 0.15) is 0 Å². The average molecular weight is 260 g/mol. The highest BCUT2D eigenvalue weighted by molar-refractivity contribution is 5.96. The minimum Gasteiger partial charge on any atom is -0.396 e. The van der Waals surface area contributed by atoms with Crippen molar-refractivity contribution < 1.29 is 9.90 Å². The zero-order chi connectivity index (χ0) is 13.5. The van der Waals surface area contributed by atoms with E-state index in [0.717, 1.165) is 30.6 Å². The molecule has 0 bridgehead atoms. The van der Waals surface area contributed by atoms with Gasteiger partial charge >= 0.3 is 0 Å². The van der Waals surface area contributed by atoms with E-state index in [9.17, 15) is 9.90 Å². The van der Waals surface area contributed by atoms with Crippen LogP contribution in [0, 0.1) is 5.41 Å². The number of hydrogen-bond acceptors (Lipinski definition) is 3. The van der Waals surface area contributed by atoms with Crippen LogP contribution in [0.15, 0.2) is 18.2 Å². The summed E-state index contributed by atoms with van der Waals surface area (Å²) in [5.74, 6) is 0.185. The fourth-order valence-corrected chi connectivity index (χ4v) is 2.77. The second-order valence-electron chi connectivity index (χ2n) is 5.73. The molecule has 1 aromatic rings. The van der Waals surface area contributed by atoms with Crippen LogP contribution in [0.5, 0.6) is 0 Å². The summed E-state index contributed by atoms with van der Waals surface area (Å²) < 4.78 is 0. The van der Waals surface area contributed by atoms with E-state index in [2.05, 4.69) is 11.4 Å². The maximum absolute atomic E-state index is 12.2. The molecule has 4 heteroatoms. The van der Waals surface area contributed by atoms with Gasteiger partial charge < -0.3 is 15.3 Å². The fraction of sp³-hybridized carbons (Fsp3) is 0.533. The predicted octanol–water partition coefficient (Wildman–Crippen LogP) is 1.78. The lowest BCUT2D eigenvalue weighted by atomic mass is 9.98. The Hall–Kier alpha value is -1.55. The summed E-state index contributed by atoms with van der Waals surface area (Å²) in [5.41, 5.74) is 3.29. The number of carbonyl (C=O) groups is 1. The molecule has 0 aromatic heterocycles. The first kappa shape index (κ1) is 12.5. The van der Waals surface area contributed by atoms with Gasteiger partial charge in [0.2, 0.25) is 5.91 Å². The smallest absolute Gasteiger partial charge is 0.227 e. The van der Waals surface area contributed by atoms with Gasteiger partial charge in [0.25, 0.3) is 0 Å². The standard InChI is InChI=1S/C15H20N2O2/c1-16-12-3-4-13-11(8-12)2-5-14(19)17(13)9-15(10-18)6-7-15/h3-4,8,16,18H,2,5-7,9-10H2,1H3. The largest absolute Gasteiger partial charge is 0.396 e. The first-order valence-corrected chi connectivity index (χ1v) is 6.89. The van der Waals surface area contributed by atoms with Crippen molar-refractivity contribution in [1.82, 2.24) is 0 Å². The van der Waals surface area contributed by atoms with Gasteiger partial charge in [-0.2, -0.15) is 0 Å². The molecule has 102 valence electrons. The third kappa shape index (κ3) is 2.21. The van der Waals surface area contributed by atoms with E-state index in [0.29, 0.717) is 13.0 Å². The SMILES string of the molecule is CNc1ccc2c(c1)CCC(=O)N2CC1(CO)CC1.